The van der Waals surface area contributed by atoms with Crippen LogP contribution >= 0.6 is 23.1 Å². The molecule has 0 bridgehead atoms. The number of rotatable bonds is 13. The number of halogens is 1. The number of imide groups is 2. The third kappa shape index (κ3) is 9.39. The smallest absolute Gasteiger partial charge is 0.262 e. The molecule has 1 atom stereocenters. The van der Waals surface area contributed by atoms with E-state index < -0.39 is 36.8 Å². The van der Waals surface area contributed by atoms with E-state index in [1.54, 1.807) is 57.2 Å². The molecule has 72 heavy (non-hydrogen) atoms. The molecular formula is C51H58BrN12O7P. The highest BCUT2D eigenvalue weighted by Crippen LogP contribution is 2.43. The van der Waals surface area contributed by atoms with Crippen LogP contribution in [0.2, 0.25) is 0 Å². The maximum Gasteiger partial charge on any atom is 0.262 e. The van der Waals surface area contributed by atoms with Gasteiger partial charge in [0.05, 0.1) is 44.9 Å². The van der Waals surface area contributed by atoms with E-state index in [9.17, 15) is 28.5 Å². The number of anilines is 6. The number of nitrogens with zero attached hydrogens (tertiary/aromatic N) is 9. The lowest BCUT2D eigenvalue weighted by molar-refractivity contribution is -0.141. The van der Waals surface area contributed by atoms with Crippen LogP contribution < -0.4 is 35.8 Å². The first-order valence-electron chi connectivity index (χ1n) is 24.5. The Morgan fingerprint density at radius 3 is 2.33 bits per heavy atom. The Kier molecular flexibility index (Phi) is 13.5. The number of aryl methyl sites for hydroxylation is 1. The molecule has 1 saturated carbocycles. The minimum absolute atomic E-state index is 0.0651. The fourth-order valence-corrected chi connectivity index (χ4v) is 12.6. The highest BCUT2D eigenvalue weighted by Gasteiger charge is 2.46. The second-order valence-electron chi connectivity index (χ2n) is 19.6. The number of ether oxygens (including phenoxy) is 1. The first-order chi connectivity index (χ1) is 34.6. The van der Waals surface area contributed by atoms with Crippen molar-refractivity contribution in [3.05, 3.63) is 82.2 Å². The predicted octanol–water partition coefficient (Wildman–Crippen LogP) is 5.92. The second-order valence-corrected chi connectivity index (χ2v) is 23.6. The normalized spacial score (nSPS) is 20.9. The van der Waals surface area contributed by atoms with E-state index in [4.69, 9.17) is 9.72 Å². The molecule has 5 aliphatic rings. The van der Waals surface area contributed by atoms with Crippen molar-refractivity contribution in [2.45, 2.75) is 70.0 Å². The number of hydrogen-bond acceptors (Lipinski definition) is 16. The number of piperazine rings is 1. The fourth-order valence-electron chi connectivity index (χ4n) is 10.9. The zero-order chi connectivity index (χ0) is 50.6. The molecule has 3 saturated heterocycles. The van der Waals surface area contributed by atoms with Crippen molar-refractivity contribution >= 4 is 103 Å². The number of fused-ring (bicyclic) bond motifs is 2. The van der Waals surface area contributed by atoms with Gasteiger partial charge in [0.25, 0.3) is 11.8 Å². The molecule has 5 amide bonds. The Labute approximate surface area is 426 Å². The molecule has 1 aliphatic carbocycles. The van der Waals surface area contributed by atoms with Crippen LogP contribution in [0.5, 0.6) is 5.75 Å². The quantitative estimate of drug-likeness (QED) is 0.0922. The van der Waals surface area contributed by atoms with Crippen molar-refractivity contribution < 1.29 is 33.3 Å². The third-order valence-electron chi connectivity index (χ3n) is 15.0. The molecule has 376 valence electrons. The number of benzene rings is 3. The van der Waals surface area contributed by atoms with Gasteiger partial charge in [0.2, 0.25) is 23.7 Å². The average molecular weight is 1060 g/mol. The summed E-state index contributed by atoms with van der Waals surface area (Å²) in [4.78, 5) is 92.9. The molecule has 5 aromatic rings. The van der Waals surface area contributed by atoms with Crippen molar-refractivity contribution in [3.8, 4) is 5.75 Å². The van der Waals surface area contributed by atoms with Crippen molar-refractivity contribution in [2.24, 2.45) is 5.92 Å². The van der Waals surface area contributed by atoms with Crippen LogP contribution in [0.25, 0.3) is 11.0 Å². The van der Waals surface area contributed by atoms with E-state index >= 15 is 0 Å². The van der Waals surface area contributed by atoms with Crippen LogP contribution in [0.1, 0.15) is 71.7 Å². The number of amides is 5. The highest BCUT2D eigenvalue weighted by atomic mass is 79.9. The van der Waals surface area contributed by atoms with Crippen LogP contribution in [0, 0.1) is 5.92 Å². The Morgan fingerprint density at radius 1 is 0.889 bits per heavy atom. The van der Waals surface area contributed by atoms with Crippen LogP contribution in [0.15, 0.2) is 65.5 Å². The van der Waals surface area contributed by atoms with Crippen molar-refractivity contribution in [1.82, 2.24) is 40.0 Å². The summed E-state index contributed by atoms with van der Waals surface area (Å²) in [7, 11) is 0.808. The molecular weight excluding hydrogens is 1000 g/mol. The first-order valence-corrected chi connectivity index (χ1v) is 27.9. The summed E-state index contributed by atoms with van der Waals surface area (Å²) in [6.45, 7) is 10.4. The molecule has 4 aliphatic heterocycles. The molecule has 10 rings (SSSR count). The van der Waals surface area contributed by atoms with E-state index in [2.05, 4.69) is 80.6 Å². The van der Waals surface area contributed by atoms with E-state index in [1.807, 2.05) is 24.1 Å². The Morgan fingerprint density at radius 2 is 1.62 bits per heavy atom. The van der Waals surface area contributed by atoms with Crippen molar-refractivity contribution in [1.29, 1.82) is 0 Å². The van der Waals surface area contributed by atoms with E-state index in [-0.39, 0.29) is 41.8 Å². The first kappa shape index (κ1) is 49.1. The summed E-state index contributed by atoms with van der Waals surface area (Å²) in [5, 5.41) is 9.60. The molecule has 0 spiro atoms. The largest absolute Gasteiger partial charge is 0.494 e. The van der Waals surface area contributed by atoms with Gasteiger partial charge in [0.15, 0.2) is 0 Å². The molecule has 4 fully saturated rings. The number of carbonyl (C=O) groups is 5. The second kappa shape index (κ2) is 19.8. The van der Waals surface area contributed by atoms with E-state index in [1.165, 1.54) is 5.56 Å². The maximum absolute atomic E-state index is 13.7. The van der Waals surface area contributed by atoms with E-state index in [0.29, 0.717) is 76.0 Å². The molecule has 21 heteroatoms. The summed E-state index contributed by atoms with van der Waals surface area (Å²) in [6, 6.07) is 12.6. The molecule has 0 radical (unpaired) electrons. The highest BCUT2D eigenvalue weighted by molar-refractivity contribution is 9.10. The minimum atomic E-state index is -2.79. The molecule has 2 aromatic heterocycles. The Balaban J connectivity index is 0.716. The number of piperidine rings is 2. The number of methoxy groups -OCH3 is 1. The molecule has 6 heterocycles. The summed E-state index contributed by atoms with van der Waals surface area (Å²) in [6.07, 6.45) is 9.28. The molecule has 3 aromatic carbocycles. The fraction of sp³-hybridized carbons (Fsp3) is 0.431. The Bertz CT molecular complexity index is 3060. The summed E-state index contributed by atoms with van der Waals surface area (Å²) < 4.78 is 20.1. The van der Waals surface area contributed by atoms with Gasteiger partial charge in [-0.15, -0.1) is 0 Å². The average Bonchev–Trinajstić information content (AvgIpc) is 3.61. The summed E-state index contributed by atoms with van der Waals surface area (Å²) >= 11 is 3.59. The van der Waals surface area contributed by atoms with Gasteiger partial charge in [0.1, 0.15) is 30.3 Å². The minimum Gasteiger partial charge on any atom is -0.494 e. The maximum atomic E-state index is 13.7. The van der Waals surface area contributed by atoms with Gasteiger partial charge in [-0.25, -0.2) is 4.98 Å². The lowest BCUT2D eigenvalue weighted by Crippen LogP contribution is -2.57. The topological polar surface area (TPSA) is 216 Å². The predicted molar refractivity (Wildman–Crippen MR) is 279 cm³/mol. The van der Waals surface area contributed by atoms with Crippen LogP contribution in [-0.2, 0) is 25.4 Å². The van der Waals surface area contributed by atoms with Gasteiger partial charge in [-0.2, -0.15) is 4.98 Å². The number of carbonyl (C=O) groups excluding carboxylic acids is 5. The molecule has 19 nitrogen and oxygen atoms in total. The van der Waals surface area contributed by atoms with Crippen molar-refractivity contribution in [3.63, 3.8) is 0 Å². The summed E-state index contributed by atoms with van der Waals surface area (Å²) in [5.74, 6) is -0.470. The Hall–Kier alpha value is -6.50. The van der Waals surface area contributed by atoms with Crippen LogP contribution in [0.3, 0.4) is 0 Å². The number of nitrogens with one attached hydrogen (secondary N) is 3. The van der Waals surface area contributed by atoms with Gasteiger partial charge in [0, 0.05) is 107 Å². The van der Waals surface area contributed by atoms with Gasteiger partial charge >= 0.3 is 0 Å². The number of hydrogen-bond donors (Lipinski definition) is 3. The lowest BCUT2D eigenvalue weighted by Gasteiger charge is -2.46. The zero-order valence-corrected chi connectivity index (χ0v) is 43.5. The van der Waals surface area contributed by atoms with Crippen LogP contribution in [-0.4, -0.2) is 149 Å². The third-order valence-corrected chi connectivity index (χ3v) is 17.1. The lowest BCUT2D eigenvalue weighted by atomic mass is 9.78. The monoisotopic (exact) mass is 1060 g/mol. The zero-order valence-electron chi connectivity index (χ0n) is 41.0. The van der Waals surface area contributed by atoms with Gasteiger partial charge in [-0.3, -0.25) is 49.1 Å². The molecule has 3 N–H and O–H groups in total. The SMILES string of the molecule is CCc1cc(Nc2ncc(Br)c(Nc3ccc4nccnc4c3P(C)(C)=O)n2)c(OC)cc1N1CCC(N2CCN(C(=O)C3CC(N(C)c4ccc5c(c4)C(=O)N(C4CCC(=O)NC4=O)C5=O)C3)CC2)CC1. The van der Waals surface area contributed by atoms with Crippen LogP contribution in [0.4, 0.5) is 34.5 Å². The van der Waals surface area contributed by atoms with Gasteiger partial charge in [-0.1, -0.05) is 6.92 Å². The number of aromatic nitrogens is 4. The van der Waals surface area contributed by atoms with E-state index in [0.717, 1.165) is 67.4 Å². The van der Waals surface area contributed by atoms with Gasteiger partial charge < -0.3 is 34.6 Å². The molecule has 1 unspecified atom stereocenters. The van der Waals surface area contributed by atoms with Gasteiger partial charge in [-0.05, 0) is 110 Å². The summed E-state index contributed by atoms with van der Waals surface area (Å²) in [5.41, 5.74) is 6.18. The van der Waals surface area contributed by atoms with Crippen molar-refractivity contribution in [2.75, 3.05) is 87.2 Å². The standard InChI is InChI=1S/C51H58BrN12O7P/c1-6-29-25-39(57-51-55-28-36(52)46(59-51)56-38-10-9-37-44(54-16-15-53-37)45(38)72(4,5)70)42(71-3)27-41(29)62-17-13-31(14-18-62)61-19-21-63(22-20-61)48(67)30-23-33(24-30)60(2)32-7-8-34-35(26-32)50(69)64(49(34)68)40-11-12-43(65)58-47(40)66/h7-10,15-16,25-28,30-31,33,40H,6,11-14,17-24H2,1-5H3,(H,58,65,66)(H2,55,56,57,59).